The molecule has 1 aromatic rings. The number of alkyl carbamates (subject to hydrolysis) is 1. The summed E-state index contributed by atoms with van der Waals surface area (Å²) in [5.41, 5.74) is -0.432. The Labute approximate surface area is 133 Å². The third-order valence-corrected chi connectivity index (χ3v) is 3.81. The number of ether oxygens (including phenoxy) is 1. The van der Waals surface area contributed by atoms with Crippen molar-refractivity contribution >= 4 is 11.9 Å². The second-order valence-corrected chi connectivity index (χ2v) is 6.84. The van der Waals surface area contributed by atoms with Crippen LogP contribution in [0.2, 0.25) is 0 Å². The standard InChI is InChI=1S/C17H27N3O2/c1-17(2,3)22-16(21)19-11-7-14-8-12-20(13-9-14)15-6-4-5-10-18-15/h4-6,10,14H,7-9,11-13H2,1-3H3,(H,19,21). The van der Waals surface area contributed by atoms with Crippen molar-refractivity contribution < 1.29 is 9.53 Å². The van der Waals surface area contributed by atoms with E-state index in [2.05, 4.69) is 21.3 Å². The molecule has 0 saturated carbocycles. The maximum Gasteiger partial charge on any atom is 0.407 e. The molecular formula is C17H27N3O2. The average molecular weight is 305 g/mol. The van der Waals surface area contributed by atoms with E-state index in [1.54, 1.807) is 0 Å². The minimum absolute atomic E-state index is 0.321. The molecule has 0 bridgehead atoms. The van der Waals surface area contributed by atoms with Gasteiger partial charge < -0.3 is 15.0 Å². The van der Waals surface area contributed by atoms with E-state index in [1.807, 2.05) is 39.1 Å². The molecule has 1 saturated heterocycles. The van der Waals surface area contributed by atoms with Gasteiger partial charge in [0, 0.05) is 25.8 Å². The van der Waals surface area contributed by atoms with Gasteiger partial charge in [0.05, 0.1) is 0 Å². The van der Waals surface area contributed by atoms with E-state index in [0.29, 0.717) is 12.5 Å². The van der Waals surface area contributed by atoms with Crippen LogP contribution in [-0.4, -0.2) is 36.3 Å². The first-order valence-corrected chi connectivity index (χ1v) is 8.07. The van der Waals surface area contributed by atoms with Crippen LogP contribution in [0, 0.1) is 5.92 Å². The molecule has 122 valence electrons. The fraction of sp³-hybridized carbons (Fsp3) is 0.647. The number of amides is 1. The number of pyridine rings is 1. The number of rotatable bonds is 4. The Balaban J connectivity index is 1.65. The molecule has 5 heteroatoms. The Morgan fingerprint density at radius 2 is 2.09 bits per heavy atom. The van der Waals surface area contributed by atoms with Crippen molar-refractivity contribution in [3.05, 3.63) is 24.4 Å². The van der Waals surface area contributed by atoms with E-state index >= 15 is 0 Å². The van der Waals surface area contributed by atoms with Crippen LogP contribution in [0.15, 0.2) is 24.4 Å². The topological polar surface area (TPSA) is 54.5 Å². The number of hydrogen-bond donors (Lipinski definition) is 1. The summed E-state index contributed by atoms with van der Waals surface area (Å²) in [5.74, 6) is 1.72. The molecule has 22 heavy (non-hydrogen) atoms. The van der Waals surface area contributed by atoms with Crippen LogP contribution < -0.4 is 10.2 Å². The van der Waals surface area contributed by atoms with Crippen LogP contribution in [0.25, 0.3) is 0 Å². The van der Waals surface area contributed by atoms with Crippen molar-refractivity contribution in [3.63, 3.8) is 0 Å². The van der Waals surface area contributed by atoms with Gasteiger partial charge in [-0.3, -0.25) is 0 Å². The van der Waals surface area contributed by atoms with Crippen LogP contribution in [0.1, 0.15) is 40.0 Å². The van der Waals surface area contributed by atoms with Crippen molar-refractivity contribution in [1.29, 1.82) is 0 Å². The van der Waals surface area contributed by atoms with E-state index < -0.39 is 5.60 Å². The van der Waals surface area contributed by atoms with E-state index in [9.17, 15) is 4.79 Å². The van der Waals surface area contributed by atoms with Gasteiger partial charge in [0.25, 0.3) is 0 Å². The maximum atomic E-state index is 11.6. The molecule has 1 aliphatic heterocycles. The number of nitrogens with one attached hydrogen (secondary N) is 1. The number of carbonyl (C=O) groups is 1. The van der Waals surface area contributed by atoms with E-state index in [1.165, 1.54) is 0 Å². The predicted molar refractivity (Wildman–Crippen MR) is 88.0 cm³/mol. The van der Waals surface area contributed by atoms with Gasteiger partial charge in [-0.05, 0) is 58.1 Å². The largest absolute Gasteiger partial charge is 0.444 e. The smallest absolute Gasteiger partial charge is 0.407 e. The molecule has 0 radical (unpaired) electrons. The number of piperidine rings is 1. The third-order valence-electron chi connectivity index (χ3n) is 3.81. The number of aromatic nitrogens is 1. The molecule has 0 spiro atoms. The van der Waals surface area contributed by atoms with Crippen LogP contribution in [0.5, 0.6) is 0 Å². The summed E-state index contributed by atoms with van der Waals surface area (Å²) in [5, 5.41) is 2.84. The summed E-state index contributed by atoms with van der Waals surface area (Å²) in [6.07, 6.45) is 4.82. The van der Waals surface area contributed by atoms with Gasteiger partial charge in [0.15, 0.2) is 0 Å². The SMILES string of the molecule is CC(C)(C)OC(=O)NCCC1CCN(c2ccccn2)CC1. The molecule has 1 fully saturated rings. The fourth-order valence-electron chi connectivity index (χ4n) is 2.68. The molecule has 0 unspecified atom stereocenters. The summed E-state index contributed by atoms with van der Waals surface area (Å²) in [4.78, 5) is 18.3. The minimum atomic E-state index is -0.432. The highest BCUT2D eigenvalue weighted by molar-refractivity contribution is 5.67. The van der Waals surface area contributed by atoms with Crippen LogP contribution >= 0.6 is 0 Å². The lowest BCUT2D eigenvalue weighted by molar-refractivity contribution is 0.0524. The average Bonchev–Trinajstić information content (AvgIpc) is 2.47. The van der Waals surface area contributed by atoms with Gasteiger partial charge >= 0.3 is 6.09 Å². The lowest BCUT2D eigenvalue weighted by Gasteiger charge is -2.32. The second-order valence-electron chi connectivity index (χ2n) is 6.84. The molecule has 1 N–H and O–H groups in total. The van der Waals surface area contributed by atoms with Crippen molar-refractivity contribution in [1.82, 2.24) is 10.3 Å². The van der Waals surface area contributed by atoms with Gasteiger partial charge in [0.2, 0.25) is 0 Å². The Kier molecular flexibility index (Phi) is 5.63. The molecule has 0 atom stereocenters. The molecule has 1 amide bonds. The lowest BCUT2D eigenvalue weighted by Crippen LogP contribution is -2.36. The zero-order valence-corrected chi connectivity index (χ0v) is 13.8. The van der Waals surface area contributed by atoms with E-state index in [-0.39, 0.29) is 6.09 Å². The molecule has 0 aliphatic carbocycles. The molecule has 2 rings (SSSR count). The van der Waals surface area contributed by atoms with Gasteiger partial charge in [-0.1, -0.05) is 6.07 Å². The highest BCUT2D eigenvalue weighted by Gasteiger charge is 2.20. The lowest BCUT2D eigenvalue weighted by atomic mass is 9.93. The molecule has 5 nitrogen and oxygen atoms in total. The van der Waals surface area contributed by atoms with Crippen LogP contribution in [-0.2, 0) is 4.74 Å². The molecular weight excluding hydrogens is 278 g/mol. The first-order valence-electron chi connectivity index (χ1n) is 8.07. The Morgan fingerprint density at radius 1 is 1.36 bits per heavy atom. The second kappa shape index (κ2) is 7.47. The van der Waals surface area contributed by atoms with E-state index in [4.69, 9.17) is 4.74 Å². The quantitative estimate of drug-likeness (QED) is 0.928. The predicted octanol–water partition coefficient (Wildman–Crippen LogP) is 3.21. The Morgan fingerprint density at radius 3 is 2.68 bits per heavy atom. The third kappa shape index (κ3) is 5.54. The summed E-state index contributed by atoms with van der Waals surface area (Å²) < 4.78 is 5.24. The van der Waals surface area contributed by atoms with Gasteiger partial charge in [-0.2, -0.15) is 0 Å². The molecule has 1 aromatic heterocycles. The normalized spacial score (nSPS) is 16.4. The summed E-state index contributed by atoms with van der Waals surface area (Å²) in [7, 11) is 0. The fourth-order valence-corrected chi connectivity index (χ4v) is 2.68. The van der Waals surface area contributed by atoms with E-state index in [0.717, 1.165) is 38.2 Å². The highest BCUT2D eigenvalue weighted by Crippen LogP contribution is 2.23. The van der Waals surface area contributed by atoms with Crippen LogP contribution in [0.4, 0.5) is 10.6 Å². The number of nitrogens with zero attached hydrogens (tertiary/aromatic N) is 2. The Hall–Kier alpha value is -1.78. The van der Waals surface area contributed by atoms with Gasteiger partial charge in [-0.15, -0.1) is 0 Å². The zero-order valence-electron chi connectivity index (χ0n) is 13.8. The number of anilines is 1. The van der Waals surface area contributed by atoms with Crippen molar-refractivity contribution in [2.24, 2.45) is 5.92 Å². The summed E-state index contributed by atoms with van der Waals surface area (Å²) in [6.45, 7) is 8.38. The van der Waals surface area contributed by atoms with Crippen molar-refractivity contribution in [2.75, 3.05) is 24.5 Å². The monoisotopic (exact) mass is 305 g/mol. The summed E-state index contributed by atoms with van der Waals surface area (Å²) >= 11 is 0. The minimum Gasteiger partial charge on any atom is -0.444 e. The summed E-state index contributed by atoms with van der Waals surface area (Å²) in [6, 6.07) is 6.03. The number of hydrogen-bond acceptors (Lipinski definition) is 4. The first kappa shape index (κ1) is 16.6. The van der Waals surface area contributed by atoms with Crippen molar-refractivity contribution in [2.45, 2.75) is 45.6 Å². The molecule has 0 aromatic carbocycles. The first-order chi connectivity index (χ1) is 10.4. The zero-order chi connectivity index (χ0) is 16.0. The molecule has 1 aliphatic rings. The van der Waals surface area contributed by atoms with Crippen molar-refractivity contribution in [3.8, 4) is 0 Å². The Bertz CT molecular complexity index is 463. The van der Waals surface area contributed by atoms with Gasteiger partial charge in [-0.25, -0.2) is 9.78 Å². The highest BCUT2D eigenvalue weighted by atomic mass is 16.6. The van der Waals surface area contributed by atoms with Crippen LogP contribution in [0.3, 0.4) is 0 Å². The van der Waals surface area contributed by atoms with Gasteiger partial charge in [0.1, 0.15) is 11.4 Å². The molecule has 2 heterocycles. The number of carbonyl (C=O) groups excluding carboxylic acids is 1. The maximum absolute atomic E-state index is 11.6.